The second-order valence-electron chi connectivity index (χ2n) is 6.38. The zero-order valence-electron chi connectivity index (χ0n) is 14.5. The smallest absolute Gasteiger partial charge is 0.149 e. The van der Waals surface area contributed by atoms with Crippen LogP contribution in [-0.2, 0) is 11.2 Å². The van der Waals surface area contributed by atoms with Gasteiger partial charge < -0.3 is 10.1 Å². The molecule has 0 saturated carbocycles. The Hall–Kier alpha value is -2.57. The van der Waals surface area contributed by atoms with E-state index in [4.69, 9.17) is 4.74 Å². The summed E-state index contributed by atoms with van der Waals surface area (Å²) >= 11 is 0. The number of aromatic nitrogens is 2. The van der Waals surface area contributed by atoms with Crippen molar-refractivity contribution >= 4 is 22.4 Å². The molecule has 0 bridgehead atoms. The van der Waals surface area contributed by atoms with Crippen LogP contribution in [0.25, 0.3) is 10.9 Å². The van der Waals surface area contributed by atoms with E-state index >= 15 is 0 Å². The molecule has 1 fully saturated rings. The Morgan fingerprint density at radius 2 is 1.85 bits per heavy atom. The molecule has 3 aromatic rings. The topological polar surface area (TPSA) is 50.3 Å². The van der Waals surface area contributed by atoms with Gasteiger partial charge in [-0.15, -0.1) is 0 Å². The largest absolute Gasteiger partial charge is 0.379 e. The summed E-state index contributed by atoms with van der Waals surface area (Å²) in [5.41, 5.74) is 2.54. The van der Waals surface area contributed by atoms with Gasteiger partial charge in [-0.05, 0) is 36.2 Å². The lowest BCUT2D eigenvalue weighted by molar-refractivity contribution is 0.0384. The fraction of sp³-hybridized carbons (Fsp3) is 0.300. The third-order valence-electron chi connectivity index (χ3n) is 4.65. The van der Waals surface area contributed by atoms with Crippen LogP contribution in [0.4, 0.5) is 15.9 Å². The molecule has 0 spiro atoms. The van der Waals surface area contributed by atoms with E-state index in [1.54, 1.807) is 6.07 Å². The van der Waals surface area contributed by atoms with E-state index < -0.39 is 0 Å². The molecule has 0 aliphatic carbocycles. The first-order valence-corrected chi connectivity index (χ1v) is 8.85. The third kappa shape index (κ3) is 3.81. The molecule has 0 radical (unpaired) electrons. The molecule has 0 atom stereocenters. The zero-order valence-corrected chi connectivity index (χ0v) is 14.5. The number of morpholine rings is 1. The highest BCUT2D eigenvalue weighted by molar-refractivity contribution is 5.90. The van der Waals surface area contributed by atoms with Gasteiger partial charge in [-0.3, -0.25) is 4.90 Å². The maximum absolute atomic E-state index is 13.9. The lowest BCUT2D eigenvalue weighted by Crippen LogP contribution is -2.37. The lowest BCUT2D eigenvalue weighted by Gasteiger charge is -2.26. The maximum atomic E-state index is 13.9. The van der Waals surface area contributed by atoms with Gasteiger partial charge in [-0.1, -0.05) is 18.2 Å². The Bertz CT molecular complexity index is 879. The molecular formula is C20H21FN4O. The Labute approximate surface area is 151 Å². The molecule has 1 aliphatic rings. The van der Waals surface area contributed by atoms with Gasteiger partial charge in [0, 0.05) is 30.7 Å². The first-order valence-electron chi connectivity index (χ1n) is 8.85. The Morgan fingerprint density at radius 1 is 1.04 bits per heavy atom. The van der Waals surface area contributed by atoms with Crippen molar-refractivity contribution in [3.63, 3.8) is 0 Å². The Kier molecular flexibility index (Phi) is 5.04. The molecule has 1 aromatic heterocycles. The number of hydrogen-bond donors (Lipinski definition) is 1. The molecule has 134 valence electrons. The number of para-hydroxylation sites is 1. The molecule has 1 aliphatic heterocycles. The van der Waals surface area contributed by atoms with E-state index in [9.17, 15) is 4.39 Å². The molecule has 2 heterocycles. The van der Waals surface area contributed by atoms with Crippen molar-refractivity contribution in [3.8, 4) is 0 Å². The van der Waals surface area contributed by atoms with Crippen LogP contribution < -0.4 is 5.32 Å². The summed E-state index contributed by atoms with van der Waals surface area (Å²) in [7, 11) is 0. The molecule has 6 heteroatoms. The lowest BCUT2D eigenvalue weighted by atomic mass is 10.1. The van der Waals surface area contributed by atoms with Crippen molar-refractivity contribution in [1.82, 2.24) is 14.9 Å². The second-order valence-corrected chi connectivity index (χ2v) is 6.38. The Morgan fingerprint density at radius 3 is 2.65 bits per heavy atom. The number of ether oxygens (including phenoxy) is 1. The third-order valence-corrected chi connectivity index (χ3v) is 4.65. The zero-order chi connectivity index (χ0) is 17.8. The fourth-order valence-corrected chi connectivity index (χ4v) is 3.15. The molecule has 4 rings (SSSR count). The van der Waals surface area contributed by atoms with Gasteiger partial charge in [0.05, 0.1) is 13.2 Å². The summed E-state index contributed by atoms with van der Waals surface area (Å²) in [6.07, 6.45) is 2.40. The quantitative estimate of drug-likeness (QED) is 0.763. The highest BCUT2D eigenvalue weighted by atomic mass is 19.1. The average Bonchev–Trinajstić information content (AvgIpc) is 2.69. The van der Waals surface area contributed by atoms with Crippen molar-refractivity contribution in [2.75, 3.05) is 38.2 Å². The van der Waals surface area contributed by atoms with E-state index in [0.717, 1.165) is 45.0 Å². The molecule has 5 nitrogen and oxygen atoms in total. The standard InChI is InChI=1S/C20H21FN4O/c21-18-3-1-2-17-19(18)22-14-23-20(17)24-16-6-4-15(5-7-16)8-9-25-10-12-26-13-11-25/h1-7,14H,8-13H2,(H,22,23,24). The van der Waals surface area contributed by atoms with Gasteiger partial charge >= 0.3 is 0 Å². The van der Waals surface area contributed by atoms with Gasteiger partial charge in [-0.25, -0.2) is 14.4 Å². The second kappa shape index (κ2) is 7.76. The molecule has 1 saturated heterocycles. The van der Waals surface area contributed by atoms with E-state index in [-0.39, 0.29) is 5.82 Å². The monoisotopic (exact) mass is 352 g/mol. The predicted molar refractivity (Wildman–Crippen MR) is 100 cm³/mol. The van der Waals surface area contributed by atoms with Crippen molar-refractivity contribution in [2.45, 2.75) is 6.42 Å². The summed E-state index contributed by atoms with van der Waals surface area (Å²) in [6.45, 7) is 4.73. The minimum absolute atomic E-state index is 0.326. The average molecular weight is 352 g/mol. The number of hydrogen-bond acceptors (Lipinski definition) is 5. The van der Waals surface area contributed by atoms with Crippen LogP contribution in [0.2, 0.25) is 0 Å². The van der Waals surface area contributed by atoms with Crippen molar-refractivity contribution < 1.29 is 9.13 Å². The molecule has 1 N–H and O–H groups in total. The molecular weight excluding hydrogens is 331 g/mol. The number of fused-ring (bicyclic) bond motifs is 1. The van der Waals surface area contributed by atoms with Crippen LogP contribution in [0.15, 0.2) is 48.8 Å². The van der Waals surface area contributed by atoms with Gasteiger partial charge in [0.2, 0.25) is 0 Å². The van der Waals surface area contributed by atoms with Crippen LogP contribution in [0.5, 0.6) is 0 Å². The van der Waals surface area contributed by atoms with E-state index in [2.05, 4.69) is 32.3 Å². The SMILES string of the molecule is Fc1cccc2c(Nc3ccc(CCN4CCOCC4)cc3)ncnc12. The highest BCUT2D eigenvalue weighted by Crippen LogP contribution is 2.24. The summed E-state index contributed by atoms with van der Waals surface area (Å²) in [5.74, 6) is 0.266. The van der Waals surface area contributed by atoms with Gasteiger partial charge in [0.25, 0.3) is 0 Å². The highest BCUT2D eigenvalue weighted by Gasteiger charge is 2.10. The summed E-state index contributed by atoms with van der Waals surface area (Å²) in [6, 6.07) is 13.2. The minimum atomic E-state index is -0.341. The number of nitrogens with zero attached hydrogens (tertiary/aromatic N) is 3. The molecule has 0 amide bonds. The molecule has 0 unspecified atom stereocenters. The number of anilines is 2. The van der Waals surface area contributed by atoms with Crippen LogP contribution in [0, 0.1) is 5.82 Å². The first kappa shape index (κ1) is 16.9. The van der Waals surface area contributed by atoms with Crippen molar-refractivity contribution in [2.24, 2.45) is 0 Å². The number of halogens is 1. The fourth-order valence-electron chi connectivity index (χ4n) is 3.15. The van der Waals surface area contributed by atoms with Crippen LogP contribution in [0.1, 0.15) is 5.56 Å². The summed E-state index contributed by atoms with van der Waals surface area (Å²) in [5, 5.41) is 3.93. The Balaban J connectivity index is 1.44. The normalized spacial score (nSPS) is 15.3. The van der Waals surface area contributed by atoms with Gasteiger partial charge in [0.15, 0.2) is 0 Å². The van der Waals surface area contributed by atoms with Crippen molar-refractivity contribution in [1.29, 1.82) is 0 Å². The van der Waals surface area contributed by atoms with E-state index in [1.807, 2.05) is 18.2 Å². The van der Waals surface area contributed by atoms with Gasteiger partial charge in [-0.2, -0.15) is 0 Å². The summed E-state index contributed by atoms with van der Waals surface area (Å²) < 4.78 is 19.2. The van der Waals surface area contributed by atoms with E-state index in [0.29, 0.717) is 16.7 Å². The number of nitrogens with one attached hydrogen (secondary N) is 1. The number of rotatable bonds is 5. The maximum Gasteiger partial charge on any atom is 0.149 e. The minimum Gasteiger partial charge on any atom is -0.379 e. The number of benzene rings is 2. The molecule has 26 heavy (non-hydrogen) atoms. The molecule has 2 aromatic carbocycles. The first-order chi connectivity index (χ1) is 12.8. The van der Waals surface area contributed by atoms with E-state index in [1.165, 1.54) is 18.0 Å². The van der Waals surface area contributed by atoms with Crippen LogP contribution in [-0.4, -0.2) is 47.7 Å². The van der Waals surface area contributed by atoms with Gasteiger partial charge in [0.1, 0.15) is 23.5 Å². The van der Waals surface area contributed by atoms with Crippen molar-refractivity contribution in [3.05, 3.63) is 60.2 Å². The summed E-state index contributed by atoms with van der Waals surface area (Å²) in [4.78, 5) is 10.7. The van der Waals surface area contributed by atoms with Crippen LogP contribution in [0.3, 0.4) is 0 Å². The van der Waals surface area contributed by atoms with Crippen LogP contribution >= 0.6 is 0 Å². The predicted octanol–water partition coefficient (Wildman–Crippen LogP) is 3.39.